The van der Waals surface area contributed by atoms with Crippen LogP contribution in [0.1, 0.15) is 19.8 Å². The molecule has 2 fully saturated rings. The lowest BCUT2D eigenvalue weighted by molar-refractivity contribution is -0.142. The molecule has 1 saturated carbocycles. The summed E-state index contributed by atoms with van der Waals surface area (Å²) in [6.07, 6.45) is 5.57. The van der Waals surface area contributed by atoms with E-state index < -0.39 is 6.04 Å². The lowest BCUT2D eigenvalue weighted by atomic mass is 9.85. The van der Waals surface area contributed by atoms with Gasteiger partial charge in [-0.15, -0.1) is 0 Å². The predicted octanol–water partition coefficient (Wildman–Crippen LogP) is 1.10. The molecule has 1 saturated heterocycles. The number of nitriles is 1. The first-order valence-electron chi connectivity index (χ1n) is 6.14. The third-order valence-corrected chi connectivity index (χ3v) is 4.35. The summed E-state index contributed by atoms with van der Waals surface area (Å²) in [6.45, 7) is 1.83. The standard InChI is InChI=1S/C13H14N2O2/c1-2-9(6-14)15-12(16)10-7-3-4-8(5-7)11(10)13(15)17/h3-4,7-11H,2,5H2,1H3. The van der Waals surface area contributed by atoms with Crippen LogP contribution in [0, 0.1) is 35.0 Å². The summed E-state index contributed by atoms with van der Waals surface area (Å²) in [5.74, 6) is -0.152. The summed E-state index contributed by atoms with van der Waals surface area (Å²) in [5, 5.41) is 9.02. The Morgan fingerprint density at radius 3 is 2.29 bits per heavy atom. The number of fused-ring (bicyclic) bond motifs is 5. The first-order chi connectivity index (χ1) is 8.19. The molecule has 17 heavy (non-hydrogen) atoms. The summed E-state index contributed by atoms with van der Waals surface area (Å²) >= 11 is 0. The number of hydrogen-bond donors (Lipinski definition) is 0. The Kier molecular flexibility index (Phi) is 2.12. The second-order valence-corrected chi connectivity index (χ2v) is 5.10. The van der Waals surface area contributed by atoms with E-state index in [1.807, 2.05) is 6.92 Å². The molecule has 0 aromatic rings. The van der Waals surface area contributed by atoms with Gasteiger partial charge in [-0.25, -0.2) is 0 Å². The number of imide groups is 1. The van der Waals surface area contributed by atoms with E-state index in [2.05, 4.69) is 18.2 Å². The Bertz CT molecular complexity index is 433. The summed E-state index contributed by atoms with van der Waals surface area (Å²) in [4.78, 5) is 25.8. The van der Waals surface area contributed by atoms with Crippen molar-refractivity contribution in [1.82, 2.24) is 4.90 Å². The van der Waals surface area contributed by atoms with Gasteiger partial charge in [0.05, 0.1) is 17.9 Å². The molecule has 4 nitrogen and oxygen atoms in total. The predicted molar refractivity (Wildman–Crippen MR) is 59.3 cm³/mol. The zero-order valence-corrected chi connectivity index (χ0v) is 9.67. The van der Waals surface area contributed by atoms with Crippen molar-refractivity contribution in [3.8, 4) is 6.07 Å². The number of rotatable bonds is 2. The molecule has 5 unspecified atom stereocenters. The molecule has 0 aromatic heterocycles. The number of amides is 2. The van der Waals surface area contributed by atoms with Crippen LogP contribution in [-0.4, -0.2) is 22.8 Å². The summed E-state index contributed by atoms with van der Waals surface area (Å²) in [6, 6.07) is 1.47. The molecule has 0 aromatic carbocycles. The van der Waals surface area contributed by atoms with Crippen molar-refractivity contribution in [2.75, 3.05) is 0 Å². The first-order valence-corrected chi connectivity index (χ1v) is 6.14. The second-order valence-electron chi connectivity index (χ2n) is 5.10. The lowest BCUT2D eigenvalue weighted by Crippen LogP contribution is -2.40. The van der Waals surface area contributed by atoms with Crippen LogP contribution in [0.5, 0.6) is 0 Å². The molecule has 0 radical (unpaired) electrons. The number of hydrogen-bond acceptors (Lipinski definition) is 3. The Labute approximate surface area is 99.9 Å². The maximum absolute atomic E-state index is 12.3. The van der Waals surface area contributed by atoms with Gasteiger partial charge in [0.25, 0.3) is 0 Å². The van der Waals surface area contributed by atoms with E-state index in [4.69, 9.17) is 5.26 Å². The molecule has 1 heterocycles. The fraction of sp³-hybridized carbons (Fsp3) is 0.615. The molecule has 5 atom stereocenters. The minimum absolute atomic E-state index is 0.120. The van der Waals surface area contributed by atoms with Gasteiger partial charge >= 0.3 is 0 Å². The number of likely N-dealkylation sites (tertiary alicyclic amines) is 1. The van der Waals surface area contributed by atoms with Gasteiger partial charge in [-0.05, 0) is 24.7 Å². The van der Waals surface area contributed by atoms with Crippen LogP contribution in [0.3, 0.4) is 0 Å². The van der Waals surface area contributed by atoms with Crippen molar-refractivity contribution in [2.24, 2.45) is 23.7 Å². The highest BCUT2D eigenvalue weighted by atomic mass is 16.2. The second kappa shape index (κ2) is 3.43. The van der Waals surface area contributed by atoms with Crippen LogP contribution in [0.25, 0.3) is 0 Å². The molecule has 3 rings (SSSR count). The minimum Gasteiger partial charge on any atom is -0.274 e. The van der Waals surface area contributed by atoms with Crippen LogP contribution < -0.4 is 0 Å². The number of carbonyl (C=O) groups is 2. The maximum Gasteiger partial charge on any atom is 0.234 e. The summed E-state index contributed by atoms with van der Waals surface area (Å²) < 4.78 is 0. The van der Waals surface area contributed by atoms with Gasteiger partial charge in [-0.1, -0.05) is 19.1 Å². The van der Waals surface area contributed by atoms with E-state index in [-0.39, 0.29) is 35.5 Å². The largest absolute Gasteiger partial charge is 0.274 e. The highest BCUT2D eigenvalue weighted by Crippen LogP contribution is 2.52. The molecule has 2 bridgehead atoms. The van der Waals surface area contributed by atoms with E-state index in [1.54, 1.807) is 0 Å². The van der Waals surface area contributed by atoms with Crippen molar-refractivity contribution >= 4 is 11.8 Å². The molecule has 2 amide bonds. The third-order valence-electron chi connectivity index (χ3n) is 4.35. The van der Waals surface area contributed by atoms with Crippen molar-refractivity contribution in [2.45, 2.75) is 25.8 Å². The number of carbonyl (C=O) groups excluding carboxylic acids is 2. The van der Waals surface area contributed by atoms with Gasteiger partial charge in [0.1, 0.15) is 6.04 Å². The fourth-order valence-electron chi connectivity index (χ4n) is 3.56. The van der Waals surface area contributed by atoms with Crippen LogP contribution in [0.4, 0.5) is 0 Å². The molecule has 0 N–H and O–H groups in total. The Morgan fingerprint density at radius 2 is 1.88 bits per heavy atom. The molecule has 3 aliphatic rings. The summed E-state index contributed by atoms with van der Waals surface area (Å²) in [7, 11) is 0. The van der Waals surface area contributed by atoms with Crippen molar-refractivity contribution in [3.05, 3.63) is 12.2 Å². The topological polar surface area (TPSA) is 61.2 Å². The highest BCUT2D eigenvalue weighted by molar-refractivity contribution is 6.07. The molecule has 2 aliphatic carbocycles. The van der Waals surface area contributed by atoms with Gasteiger partial charge in [0.2, 0.25) is 11.8 Å². The van der Waals surface area contributed by atoms with Crippen LogP contribution in [0.15, 0.2) is 12.2 Å². The van der Waals surface area contributed by atoms with Crippen molar-refractivity contribution in [1.29, 1.82) is 5.26 Å². The zero-order chi connectivity index (χ0) is 12.2. The minimum atomic E-state index is -0.583. The highest BCUT2D eigenvalue weighted by Gasteiger charge is 2.60. The quantitative estimate of drug-likeness (QED) is 0.527. The average Bonchev–Trinajstić information content (AvgIpc) is 2.98. The number of allylic oxidation sites excluding steroid dienone is 2. The van der Waals surface area contributed by atoms with Gasteiger partial charge in [0, 0.05) is 0 Å². The molecule has 4 heteroatoms. The van der Waals surface area contributed by atoms with Gasteiger partial charge < -0.3 is 0 Å². The zero-order valence-electron chi connectivity index (χ0n) is 9.67. The molecular weight excluding hydrogens is 216 g/mol. The lowest BCUT2D eigenvalue weighted by Gasteiger charge is -2.21. The Morgan fingerprint density at radius 1 is 1.35 bits per heavy atom. The first kappa shape index (κ1) is 10.5. The smallest absolute Gasteiger partial charge is 0.234 e. The average molecular weight is 230 g/mol. The SMILES string of the molecule is CCC(C#N)N1C(=O)C2C3C=CC(C3)C2C1=O. The number of nitrogens with zero attached hydrogens (tertiary/aromatic N) is 2. The van der Waals surface area contributed by atoms with Crippen molar-refractivity contribution in [3.63, 3.8) is 0 Å². The van der Waals surface area contributed by atoms with Crippen LogP contribution in [0.2, 0.25) is 0 Å². The normalized spacial score (nSPS) is 39.6. The van der Waals surface area contributed by atoms with Gasteiger partial charge in [-0.2, -0.15) is 5.26 Å². The van der Waals surface area contributed by atoms with Gasteiger partial charge in [0.15, 0.2) is 0 Å². The Hall–Kier alpha value is -1.63. The molecule has 0 spiro atoms. The molecule has 1 aliphatic heterocycles. The molecule has 88 valence electrons. The van der Waals surface area contributed by atoms with E-state index in [0.29, 0.717) is 6.42 Å². The van der Waals surface area contributed by atoms with Crippen LogP contribution in [-0.2, 0) is 9.59 Å². The van der Waals surface area contributed by atoms with E-state index >= 15 is 0 Å². The van der Waals surface area contributed by atoms with E-state index in [9.17, 15) is 9.59 Å². The monoisotopic (exact) mass is 230 g/mol. The third kappa shape index (κ3) is 1.17. The Balaban J connectivity index is 1.95. The summed E-state index contributed by atoms with van der Waals surface area (Å²) in [5.41, 5.74) is 0. The van der Waals surface area contributed by atoms with Crippen molar-refractivity contribution < 1.29 is 9.59 Å². The van der Waals surface area contributed by atoms with E-state index in [1.165, 1.54) is 4.90 Å². The fourth-order valence-corrected chi connectivity index (χ4v) is 3.56. The maximum atomic E-state index is 12.3. The van der Waals surface area contributed by atoms with E-state index in [0.717, 1.165) is 6.42 Å². The van der Waals surface area contributed by atoms with Crippen LogP contribution >= 0.6 is 0 Å². The van der Waals surface area contributed by atoms with Gasteiger partial charge in [-0.3, -0.25) is 14.5 Å². The molecular formula is C13H14N2O2.